The molecule has 1 aliphatic rings. The van der Waals surface area contributed by atoms with Crippen LogP contribution in [0.15, 0.2) is 24.4 Å². The molecule has 0 spiro atoms. The summed E-state index contributed by atoms with van der Waals surface area (Å²) in [4.78, 5) is 0. The van der Waals surface area contributed by atoms with Gasteiger partial charge in [0.05, 0.1) is 29.0 Å². The van der Waals surface area contributed by atoms with Crippen LogP contribution in [0.3, 0.4) is 0 Å². The molecule has 1 aromatic carbocycles. The van der Waals surface area contributed by atoms with Crippen LogP contribution in [0.25, 0.3) is 10.9 Å². The molecule has 0 bridgehead atoms. The van der Waals surface area contributed by atoms with E-state index in [1.54, 1.807) is 23.2 Å². The molecule has 2 heterocycles. The van der Waals surface area contributed by atoms with E-state index in [-0.39, 0.29) is 13.0 Å². The molecule has 2 aromatic heterocycles. The van der Waals surface area contributed by atoms with Crippen LogP contribution in [0.5, 0.6) is 0 Å². The average molecular weight is 375 g/mol. The molecule has 0 saturated heterocycles. The van der Waals surface area contributed by atoms with Gasteiger partial charge in [0.2, 0.25) is 0 Å². The van der Waals surface area contributed by atoms with Gasteiger partial charge in [-0.1, -0.05) is 6.07 Å². The maximum Gasteiger partial charge on any atom is 0.253 e. The molecule has 1 saturated carbocycles. The number of halogens is 2. The minimum absolute atomic E-state index is 0.0966. The second-order valence-electron chi connectivity index (χ2n) is 7.91. The standard InChI is InChI=1S/C19H23F2N5O/c1-11-15(10-25(4)23-11)22-17-14-7-12(18(2,3)27)5-6-16(14)26(24-17)9-13-8-19(13,20)21/h5-7,10,13,27H,8-9H2,1-4H3,(H,22,24). The zero-order chi connectivity index (χ0) is 19.6. The van der Waals surface area contributed by atoms with E-state index in [9.17, 15) is 13.9 Å². The van der Waals surface area contributed by atoms with Gasteiger partial charge >= 0.3 is 0 Å². The number of rotatable bonds is 5. The van der Waals surface area contributed by atoms with Gasteiger partial charge in [-0.2, -0.15) is 10.2 Å². The second kappa shape index (κ2) is 5.76. The molecule has 1 unspecified atom stereocenters. The highest BCUT2D eigenvalue weighted by Gasteiger charge is 2.57. The van der Waals surface area contributed by atoms with Gasteiger partial charge in [0, 0.05) is 31.0 Å². The van der Waals surface area contributed by atoms with E-state index in [1.807, 2.05) is 38.4 Å². The smallest absolute Gasteiger partial charge is 0.253 e. The molecule has 0 amide bonds. The highest BCUT2D eigenvalue weighted by atomic mass is 19.3. The van der Waals surface area contributed by atoms with Gasteiger partial charge < -0.3 is 10.4 Å². The van der Waals surface area contributed by atoms with Crippen LogP contribution in [0.4, 0.5) is 20.3 Å². The Morgan fingerprint density at radius 1 is 1.33 bits per heavy atom. The minimum Gasteiger partial charge on any atom is -0.386 e. The average Bonchev–Trinajstić information content (AvgIpc) is 2.85. The minimum atomic E-state index is -2.60. The molecule has 27 heavy (non-hydrogen) atoms. The van der Waals surface area contributed by atoms with E-state index in [4.69, 9.17) is 0 Å². The lowest BCUT2D eigenvalue weighted by molar-refractivity contribution is 0.0787. The van der Waals surface area contributed by atoms with Crippen molar-refractivity contribution in [1.29, 1.82) is 0 Å². The molecule has 8 heteroatoms. The van der Waals surface area contributed by atoms with Crippen molar-refractivity contribution < 1.29 is 13.9 Å². The third-order valence-corrected chi connectivity index (χ3v) is 5.07. The summed E-state index contributed by atoms with van der Waals surface area (Å²) in [5.41, 5.74) is 2.09. The number of aliphatic hydroxyl groups is 1. The third kappa shape index (κ3) is 3.29. The van der Waals surface area contributed by atoms with E-state index in [1.165, 1.54) is 0 Å². The Morgan fingerprint density at radius 2 is 2.04 bits per heavy atom. The molecule has 1 aliphatic carbocycles. The third-order valence-electron chi connectivity index (χ3n) is 5.07. The summed E-state index contributed by atoms with van der Waals surface area (Å²) < 4.78 is 30.1. The van der Waals surface area contributed by atoms with Crippen molar-refractivity contribution in [2.75, 3.05) is 5.32 Å². The highest BCUT2D eigenvalue weighted by Crippen LogP contribution is 2.49. The first kappa shape index (κ1) is 17.9. The predicted octanol–water partition coefficient (Wildman–Crippen LogP) is 3.70. The van der Waals surface area contributed by atoms with Crippen molar-refractivity contribution in [3.8, 4) is 0 Å². The fourth-order valence-corrected chi connectivity index (χ4v) is 3.32. The maximum absolute atomic E-state index is 13.4. The lowest BCUT2D eigenvalue weighted by Gasteiger charge is -2.17. The van der Waals surface area contributed by atoms with Crippen molar-refractivity contribution in [1.82, 2.24) is 19.6 Å². The SMILES string of the molecule is Cc1nn(C)cc1Nc1nn(CC2CC2(F)F)c2ccc(C(C)(C)O)cc12. The van der Waals surface area contributed by atoms with Crippen molar-refractivity contribution in [2.45, 2.75) is 45.3 Å². The van der Waals surface area contributed by atoms with E-state index in [2.05, 4.69) is 15.5 Å². The predicted molar refractivity (Wildman–Crippen MR) is 99.3 cm³/mol. The normalized spacial score (nSPS) is 18.9. The van der Waals surface area contributed by atoms with Gasteiger partial charge in [-0.05, 0) is 38.5 Å². The number of alkyl halides is 2. The monoisotopic (exact) mass is 375 g/mol. The molecule has 1 atom stereocenters. The van der Waals surface area contributed by atoms with E-state index in [0.29, 0.717) is 5.82 Å². The molecular weight excluding hydrogens is 352 g/mol. The lowest BCUT2D eigenvalue weighted by atomic mass is 9.97. The quantitative estimate of drug-likeness (QED) is 0.713. The van der Waals surface area contributed by atoms with Crippen LogP contribution in [-0.2, 0) is 19.2 Å². The maximum atomic E-state index is 13.4. The molecular formula is C19H23F2N5O. The molecule has 3 aromatic rings. The number of fused-ring (bicyclic) bond motifs is 1. The van der Waals surface area contributed by atoms with Crippen LogP contribution < -0.4 is 5.32 Å². The van der Waals surface area contributed by atoms with Gasteiger partial charge in [0.15, 0.2) is 5.82 Å². The largest absolute Gasteiger partial charge is 0.386 e. The Hall–Kier alpha value is -2.48. The first-order valence-electron chi connectivity index (χ1n) is 8.93. The molecule has 0 aliphatic heterocycles. The van der Waals surface area contributed by atoms with Gasteiger partial charge in [0.1, 0.15) is 0 Å². The van der Waals surface area contributed by atoms with Gasteiger partial charge in [-0.15, -0.1) is 0 Å². The number of benzene rings is 1. The summed E-state index contributed by atoms with van der Waals surface area (Å²) in [5, 5.41) is 23.3. The molecule has 6 nitrogen and oxygen atoms in total. The van der Waals surface area contributed by atoms with Crippen molar-refractivity contribution in [3.63, 3.8) is 0 Å². The van der Waals surface area contributed by atoms with Gasteiger partial charge in [0.25, 0.3) is 5.92 Å². The van der Waals surface area contributed by atoms with Crippen LogP contribution in [-0.4, -0.2) is 30.6 Å². The number of aromatic nitrogens is 4. The number of nitrogens with one attached hydrogen (secondary N) is 1. The van der Waals surface area contributed by atoms with Crippen molar-refractivity contribution in [3.05, 3.63) is 35.7 Å². The Labute approximate surface area is 155 Å². The number of nitrogens with zero attached hydrogens (tertiary/aromatic N) is 4. The molecule has 0 radical (unpaired) electrons. The molecule has 144 valence electrons. The highest BCUT2D eigenvalue weighted by molar-refractivity contribution is 5.92. The number of hydrogen-bond acceptors (Lipinski definition) is 4. The van der Waals surface area contributed by atoms with Crippen molar-refractivity contribution in [2.24, 2.45) is 13.0 Å². The number of hydrogen-bond donors (Lipinski definition) is 2. The summed E-state index contributed by atoms with van der Waals surface area (Å²) in [6.45, 7) is 5.47. The number of aryl methyl sites for hydroxylation is 2. The van der Waals surface area contributed by atoms with Crippen LogP contribution in [0.2, 0.25) is 0 Å². The molecule has 2 N–H and O–H groups in total. The zero-order valence-corrected chi connectivity index (χ0v) is 15.8. The fourth-order valence-electron chi connectivity index (χ4n) is 3.32. The Balaban J connectivity index is 1.78. The van der Waals surface area contributed by atoms with Crippen LogP contribution in [0, 0.1) is 12.8 Å². The van der Waals surface area contributed by atoms with Gasteiger partial charge in [-0.25, -0.2) is 8.78 Å². The van der Waals surface area contributed by atoms with Gasteiger partial charge in [-0.3, -0.25) is 9.36 Å². The molecule has 1 fully saturated rings. The summed E-state index contributed by atoms with van der Waals surface area (Å²) in [5.74, 6) is -2.71. The number of anilines is 2. The van der Waals surface area contributed by atoms with Crippen LogP contribution in [0.1, 0.15) is 31.5 Å². The Morgan fingerprint density at radius 3 is 2.59 bits per heavy atom. The first-order chi connectivity index (χ1) is 12.5. The van der Waals surface area contributed by atoms with Crippen LogP contribution >= 0.6 is 0 Å². The zero-order valence-electron chi connectivity index (χ0n) is 15.8. The Kier molecular flexibility index (Phi) is 3.82. The fraction of sp³-hybridized carbons (Fsp3) is 0.474. The summed E-state index contributed by atoms with van der Waals surface area (Å²) in [6.07, 6.45) is 1.75. The summed E-state index contributed by atoms with van der Waals surface area (Å²) >= 11 is 0. The molecule has 4 rings (SSSR count). The Bertz CT molecular complexity index is 1020. The van der Waals surface area contributed by atoms with Crippen molar-refractivity contribution >= 4 is 22.4 Å². The van der Waals surface area contributed by atoms with E-state index < -0.39 is 17.4 Å². The summed E-state index contributed by atoms with van der Waals surface area (Å²) in [6, 6.07) is 5.50. The summed E-state index contributed by atoms with van der Waals surface area (Å²) in [7, 11) is 1.83. The topological polar surface area (TPSA) is 67.9 Å². The lowest BCUT2D eigenvalue weighted by Crippen LogP contribution is -2.15. The van der Waals surface area contributed by atoms with E-state index in [0.717, 1.165) is 27.8 Å². The van der Waals surface area contributed by atoms with E-state index >= 15 is 0 Å². The second-order valence-corrected chi connectivity index (χ2v) is 7.91. The first-order valence-corrected chi connectivity index (χ1v) is 8.93.